The Morgan fingerprint density at radius 1 is 1.25 bits per heavy atom. The smallest absolute Gasteiger partial charge is 0.388 e. The molecule has 0 bridgehead atoms. The van der Waals surface area contributed by atoms with Crippen LogP contribution in [-0.4, -0.2) is 29.1 Å². The minimum atomic E-state index is -4.71. The summed E-state index contributed by atoms with van der Waals surface area (Å²) < 4.78 is 63.7. The van der Waals surface area contributed by atoms with E-state index < -0.39 is 39.3 Å². The summed E-state index contributed by atoms with van der Waals surface area (Å²) in [6.07, 6.45) is -4.74. The van der Waals surface area contributed by atoms with Crippen LogP contribution in [0.1, 0.15) is 29.3 Å². The molecule has 24 heavy (non-hydrogen) atoms. The van der Waals surface area contributed by atoms with Crippen LogP contribution in [0, 0.1) is 0 Å². The average molecular weight is 362 g/mol. The number of aromatic nitrogens is 2. The second-order valence-corrected chi connectivity index (χ2v) is 7.67. The first-order valence-corrected chi connectivity index (χ1v) is 8.94. The van der Waals surface area contributed by atoms with E-state index in [1.807, 2.05) is 0 Å². The van der Waals surface area contributed by atoms with Crippen LogP contribution in [0.4, 0.5) is 13.2 Å². The minimum Gasteiger partial charge on any atom is -0.388 e. The molecular weight excluding hydrogens is 345 g/mol. The number of aliphatic hydroxyl groups is 1. The Morgan fingerprint density at radius 2 is 1.88 bits per heavy atom. The average Bonchev–Trinajstić information content (AvgIpc) is 2.86. The van der Waals surface area contributed by atoms with Crippen LogP contribution in [0.25, 0.3) is 0 Å². The zero-order valence-electron chi connectivity index (χ0n) is 12.9. The number of hydrogen-bond donors (Lipinski definition) is 1. The normalized spacial score (nSPS) is 13.9. The van der Waals surface area contributed by atoms with Crippen LogP contribution < -0.4 is 0 Å². The van der Waals surface area contributed by atoms with E-state index in [1.165, 1.54) is 7.05 Å². The van der Waals surface area contributed by atoms with Gasteiger partial charge in [0.05, 0.1) is 17.6 Å². The van der Waals surface area contributed by atoms with Crippen LogP contribution in [0.5, 0.6) is 0 Å². The maximum Gasteiger partial charge on any atom is 0.435 e. The summed E-state index contributed by atoms with van der Waals surface area (Å²) in [4.78, 5) is 0. The van der Waals surface area contributed by atoms with Crippen molar-refractivity contribution in [1.29, 1.82) is 0 Å². The van der Waals surface area contributed by atoms with Crippen molar-refractivity contribution < 1.29 is 26.7 Å². The van der Waals surface area contributed by atoms with Gasteiger partial charge in [-0.3, -0.25) is 4.68 Å². The van der Waals surface area contributed by atoms with Gasteiger partial charge in [-0.1, -0.05) is 30.3 Å². The topological polar surface area (TPSA) is 72.2 Å². The van der Waals surface area contributed by atoms with Crippen molar-refractivity contribution in [2.45, 2.75) is 24.5 Å². The van der Waals surface area contributed by atoms with Crippen molar-refractivity contribution in [3.63, 3.8) is 0 Å². The molecule has 0 saturated heterocycles. The first-order chi connectivity index (χ1) is 11.1. The number of alkyl halides is 3. The number of aliphatic hydroxyl groups excluding tert-OH is 1. The third-order valence-electron chi connectivity index (χ3n) is 3.44. The van der Waals surface area contributed by atoms with Gasteiger partial charge in [-0.05, 0) is 12.0 Å². The summed E-state index contributed by atoms with van der Waals surface area (Å²) in [7, 11) is -2.52. The molecule has 0 unspecified atom stereocenters. The number of nitrogens with zero attached hydrogens (tertiary/aromatic N) is 2. The maximum atomic E-state index is 12.9. The molecule has 1 aromatic heterocycles. The quantitative estimate of drug-likeness (QED) is 0.857. The molecule has 1 atom stereocenters. The Labute approximate surface area is 137 Å². The molecule has 0 aliphatic rings. The molecule has 0 spiro atoms. The summed E-state index contributed by atoms with van der Waals surface area (Å²) in [6, 6.07) is 8.48. The molecule has 0 aliphatic heterocycles. The number of rotatable bonds is 6. The third-order valence-corrected chi connectivity index (χ3v) is 5.04. The lowest BCUT2D eigenvalue weighted by Gasteiger charge is -2.11. The van der Waals surface area contributed by atoms with Gasteiger partial charge in [0.25, 0.3) is 0 Å². The van der Waals surface area contributed by atoms with E-state index >= 15 is 0 Å². The highest BCUT2D eigenvalue weighted by molar-refractivity contribution is 7.90. The fourth-order valence-electron chi connectivity index (χ4n) is 2.32. The molecule has 1 N–H and O–H groups in total. The second kappa shape index (κ2) is 6.94. The lowest BCUT2D eigenvalue weighted by molar-refractivity contribution is -0.141. The molecular formula is C15H17F3N2O3S. The molecule has 2 aromatic rings. The fourth-order valence-corrected chi connectivity index (χ4v) is 3.74. The highest BCUT2D eigenvalue weighted by Gasteiger charge is 2.37. The lowest BCUT2D eigenvalue weighted by Crippen LogP contribution is -2.15. The van der Waals surface area contributed by atoms with Gasteiger partial charge in [0, 0.05) is 18.8 Å². The zero-order valence-corrected chi connectivity index (χ0v) is 13.7. The van der Waals surface area contributed by atoms with Gasteiger partial charge in [0.15, 0.2) is 15.5 Å². The minimum absolute atomic E-state index is 0.0893. The molecule has 0 radical (unpaired) electrons. The zero-order chi connectivity index (χ0) is 18.0. The van der Waals surface area contributed by atoms with Crippen LogP contribution in [-0.2, 0) is 28.8 Å². The molecule has 132 valence electrons. The Morgan fingerprint density at radius 3 is 2.46 bits per heavy atom. The van der Waals surface area contributed by atoms with E-state index in [4.69, 9.17) is 0 Å². The predicted molar refractivity (Wildman–Crippen MR) is 81.7 cm³/mol. The summed E-state index contributed by atoms with van der Waals surface area (Å²) >= 11 is 0. The molecule has 0 aliphatic carbocycles. The Kier molecular flexibility index (Phi) is 5.34. The molecule has 0 amide bonds. The molecule has 2 rings (SSSR count). The number of benzene rings is 1. The molecule has 0 saturated carbocycles. The van der Waals surface area contributed by atoms with Gasteiger partial charge < -0.3 is 5.11 Å². The highest BCUT2D eigenvalue weighted by atomic mass is 32.2. The number of aryl methyl sites for hydroxylation is 1. The van der Waals surface area contributed by atoms with Gasteiger partial charge >= 0.3 is 6.18 Å². The summed E-state index contributed by atoms with van der Waals surface area (Å²) in [6.45, 7) is 0. The lowest BCUT2D eigenvalue weighted by atomic mass is 10.1. The van der Waals surface area contributed by atoms with Crippen molar-refractivity contribution in [1.82, 2.24) is 9.78 Å². The van der Waals surface area contributed by atoms with E-state index in [9.17, 15) is 26.7 Å². The molecule has 0 fully saturated rings. The molecule has 1 aromatic carbocycles. The summed E-state index contributed by atoms with van der Waals surface area (Å²) in [5.41, 5.74) is -1.03. The van der Waals surface area contributed by atoms with E-state index in [-0.39, 0.29) is 12.0 Å². The number of hydrogen-bond acceptors (Lipinski definition) is 4. The maximum absolute atomic E-state index is 12.9. The Hall–Kier alpha value is -1.87. The van der Waals surface area contributed by atoms with Crippen molar-refractivity contribution in [3.8, 4) is 0 Å². The van der Waals surface area contributed by atoms with Gasteiger partial charge in [-0.25, -0.2) is 8.42 Å². The van der Waals surface area contributed by atoms with Crippen molar-refractivity contribution >= 4 is 9.84 Å². The predicted octanol–water partition coefficient (Wildman–Crippen LogP) is 2.48. The van der Waals surface area contributed by atoms with Crippen LogP contribution in [0.2, 0.25) is 0 Å². The van der Waals surface area contributed by atoms with E-state index in [0.717, 1.165) is 10.9 Å². The summed E-state index contributed by atoms with van der Waals surface area (Å²) in [5, 5.41) is 13.3. The highest BCUT2D eigenvalue weighted by Crippen LogP contribution is 2.31. The molecule has 5 nitrogen and oxygen atoms in total. The summed E-state index contributed by atoms with van der Waals surface area (Å²) in [5.74, 6) is -1.19. The van der Waals surface area contributed by atoms with Crippen molar-refractivity contribution in [2.24, 2.45) is 7.05 Å². The largest absolute Gasteiger partial charge is 0.435 e. The van der Waals surface area contributed by atoms with Gasteiger partial charge in [-0.15, -0.1) is 0 Å². The fraction of sp³-hybridized carbons (Fsp3) is 0.400. The second-order valence-electron chi connectivity index (χ2n) is 5.48. The van der Waals surface area contributed by atoms with Gasteiger partial charge in [-0.2, -0.15) is 18.3 Å². The van der Waals surface area contributed by atoms with Crippen molar-refractivity contribution in [3.05, 3.63) is 53.3 Å². The van der Waals surface area contributed by atoms with Crippen LogP contribution in [0.15, 0.2) is 36.5 Å². The van der Waals surface area contributed by atoms with Gasteiger partial charge in [0.2, 0.25) is 0 Å². The first-order valence-electron chi connectivity index (χ1n) is 7.11. The number of halogens is 3. The van der Waals surface area contributed by atoms with E-state index in [2.05, 4.69) is 5.10 Å². The number of sulfone groups is 1. The first kappa shape index (κ1) is 18.5. The van der Waals surface area contributed by atoms with E-state index in [1.54, 1.807) is 30.3 Å². The monoisotopic (exact) mass is 362 g/mol. The van der Waals surface area contributed by atoms with Crippen LogP contribution >= 0.6 is 0 Å². The molecule has 9 heteroatoms. The SMILES string of the molecule is Cn1cc(CS(=O)(=O)CC[C@@H](O)c2ccccc2)c(C(F)(F)F)n1. The standard InChI is InChI=1S/C15H17F3N2O3S/c1-20-9-12(14(19-20)15(16,17)18)10-24(22,23)8-7-13(21)11-5-3-2-4-6-11/h2-6,9,13,21H,7-8,10H2,1H3/t13-/m1/s1. The Bertz CT molecular complexity index is 786. The van der Waals surface area contributed by atoms with Crippen LogP contribution in [0.3, 0.4) is 0 Å². The van der Waals surface area contributed by atoms with Crippen molar-refractivity contribution in [2.75, 3.05) is 5.75 Å². The van der Waals surface area contributed by atoms with E-state index in [0.29, 0.717) is 5.56 Å². The Balaban J connectivity index is 2.07. The van der Waals surface area contributed by atoms with Gasteiger partial charge in [0.1, 0.15) is 0 Å². The third kappa shape index (κ3) is 4.81. The molecule has 1 heterocycles.